The van der Waals surface area contributed by atoms with Gasteiger partial charge in [-0.15, -0.1) is 0 Å². The van der Waals surface area contributed by atoms with E-state index < -0.39 is 0 Å². The molecule has 1 aliphatic heterocycles. The standard InChI is InChI=1S/C8H6N2/c1-2-4-8-6-10-9-5-7(8)3-1/h1-6H/q+2. The molecule has 0 amide bonds. The Labute approximate surface area is 58.3 Å². The summed E-state index contributed by atoms with van der Waals surface area (Å²) >= 11 is 0. The van der Waals surface area contributed by atoms with Crippen molar-refractivity contribution in [3.8, 4) is 0 Å². The number of hydrogen-bond acceptors (Lipinski definition) is 0. The first-order chi connectivity index (χ1) is 4.97. The summed E-state index contributed by atoms with van der Waals surface area (Å²) in [5.74, 6) is 0. The Morgan fingerprint density at radius 1 is 0.800 bits per heavy atom. The van der Waals surface area contributed by atoms with Gasteiger partial charge in [-0.05, 0) is 12.1 Å². The molecule has 0 spiro atoms. The molecule has 1 aliphatic rings. The second-order valence-corrected chi connectivity index (χ2v) is 2.12. The smallest absolute Gasteiger partial charge is 0.0614 e. The molecule has 0 aromatic heterocycles. The number of rotatable bonds is 0. The second kappa shape index (κ2) is 1.96. The predicted molar refractivity (Wildman–Crippen MR) is 37.3 cm³/mol. The van der Waals surface area contributed by atoms with Crippen molar-refractivity contribution in [2.24, 2.45) is 0 Å². The van der Waals surface area contributed by atoms with Crippen LogP contribution in [0.3, 0.4) is 0 Å². The Morgan fingerprint density at radius 2 is 1.30 bits per heavy atom. The van der Waals surface area contributed by atoms with E-state index in [0.29, 0.717) is 0 Å². The van der Waals surface area contributed by atoms with E-state index in [-0.39, 0.29) is 0 Å². The third-order valence-corrected chi connectivity index (χ3v) is 1.46. The number of fused-ring (bicyclic) bond motifs is 1. The van der Waals surface area contributed by atoms with E-state index in [1.165, 1.54) is 0 Å². The summed E-state index contributed by atoms with van der Waals surface area (Å²) < 4.78 is 0. The molecule has 2 rings (SSSR count). The number of hydrogen-bond donors (Lipinski definition) is 0. The first kappa shape index (κ1) is 5.19. The van der Waals surface area contributed by atoms with E-state index in [2.05, 4.69) is 9.58 Å². The van der Waals surface area contributed by atoms with Crippen molar-refractivity contribution in [1.82, 2.24) is 0 Å². The van der Waals surface area contributed by atoms with E-state index in [1.807, 2.05) is 24.3 Å². The third-order valence-electron chi connectivity index (χ3n) is 1.46. The lowest BCUT2D eigenvalue weighted by Gasteiger charge is -1.85. The summed E-state index contributed by atoms with van der Waals surface area (Å²) in [6.07, 6.45) is 3.52. The zero-order chi connectivity index (χ0) is 6.81. The summed E-state index contributed by atoms with van der Waals surface area (Å²) in [7, 11) is 0. The lowest BCUT2D eigenvalue weighted by molar-refractivity contribution is -0.542. The summed E-state index contributed by atoms with van der Waals surface area (Å²) in [6, 6.07) is 8.02. The SMILES string of the molecule is C1=[N+]=[N+]=Cc2ccccc21. The quantitative estimate of drug-likeness (QED) is 0.462. The highest BCUT2D eigenvalue weighted by molar-refractivity contribution is 5.90. The van der Waals surface area contributed by atoms with Crippen LogP contribution in [0.4, 0.5) is 0 Å². The van der Waals surface area contributed by atoms with Gasteiger partial charge in [-0.1, -0.05) is 12.1 Å². The van der Waals surface area contributed by atoms with Crippen LogP contribution in [0.1, 0.15) is 11.1 Å². The summed E-state index contributed by atoms with van der Waals surface area (Å²) in [4.78, 5) is 7.53. The molecule has 0 aliphatic carbocycles. The molecule has 1 heterocycles. The van der Waals surface area contributed by atoms with Gasteiger partial charge in [0.1, 0.15) is 0 Å². The molecular weight excluding hydrogens is 124 g/mol. The molecule has 0 bridgehead atoms. The second-order valence-electron chi connectivity index (χ2n) is 2.12. The molecule has 2 nitrogen and oxygen atoms in total. The monoisotopic (exact) mass is 130 g/mol. The van der Waals surface area contributed by atoms with Gasteiger partial charge in [0, 0.05) is 0 Å². The highest BCUT2D eigenvalue weighted by atomic mass is 14.9. The predicted octanol–water partition coefficient (Wildman–Crippen LogP) is 0.407. The van der Waals surface area contributed by atoms with Crippen LogP contribution in [0.5, 0.6) is 0 Å². The van der Waals surface area contributed by atoms with Crippen LogP contribution in [-0.2, 0) is 0 Å². The van der Waals surface area contributed by atoms with Gasteiger partial charge in [-0.3, -0.25) is 0 Å². The topological polar surface area (TPSA) is 28.2 Å². The Hall–Kier alpha value is -1.62. The lowest BCUT2D eigenvalue weighted by Crippen LogP contribution is -1.97. The van der Waals surface area contributed by atoms with Crippen LogP contribution in [0.2, 0.25) is 0 Å². The minimum absolute atomic E-state index is 1.14. The Bertz CT molecular complexity index is 318. The Morgan fingerprint density at radius 3 is 1.80 bits per heavy atom. The molecule has 0 atom stereocenters. The van der Waals surface area contributed by atoms with Gasteiger partial charge in [-0.25, -0.2) is 0 Å². The van der Waals surface area contributed by atoms with Crippen molar-refractivity contribution in [1.29, 1.82) is 0 Å². The van der Waals surface area contributed by atoms with E-state index in [0.717, 1.165) is 11.1 Å². The summed E-state index contributed by atoms with van der Waals surface area (Å²) in [5.41, 5.74) is 2.27. The van der Waals surface area contributed by atoms with Crippen LogP contribution in [0.25, 0.3) is 0 Å². The first-order valence-electron chi connectivity index (χ1n) is 3.12. The van der Waals surface area contributed by atoms with Gasteiger partial charge in [-0.2, -0.15) is 0 Å². The average molecular weight is 130 g/mol. The maximum absolute atomic E-state index is 3.76. The molecule has 0 N–H and O–H groups in total. The largest absolute Gasteiger partial charge is 0.402 e. The molecule has 0 radical (unpaired) electrons. The molecule has 10 heavy (non-hydrogen) atoms. The van der Waals surface area contributed by atoms with Gasteiger partial charge in [0.15, 0.2) is 0 Å². The molecule has 0 unspecified atom stereocenters. The zero-order valence-electron chi connectivity index (χ0n) is 5.36. The fourth-order valence-electron chi connectivity index (χ4n) is 0.937. The molecule has 0 fully saturated rings. The highest BCUT2D eigenvalue weighted by Crippen LogP contribution is 2.01. The Balaban J connectivity index is 2.74. The van der Waals surface area contributed by atoms with Crippen molar-refractivity contribution < 1.29 is 9.58 Å². The first-order valence-corrected chi connectivity index (χ1v) is 3.12. The third kappa shape index (κ3) is 0.688. The van der Waals surface area contributed by atoms with Crippen LogP contribution >= 0.6 is 0 Å². The van der Waals surface area contributed by atoms with Crippen LogP contribution in [0, 0.1) is 0 Å². The summed E-state index contributed by atoms with van der Waals surface area (Å²) in [5, 5.41) is 0. The van der Waals surface area contributed by atoms with Gasteiger partial charge < -0.3 is 0 Å². The fourth-order valence-corrected chi connectivity index (χ4v) is 0.937. The molecule has 46 valence electrons. The minimum Gasteiger partial charge on any atom is -0.0614 e. The molecular formula is C8H6N2+2. The van der Waals surface area contributed by atoms with Crippen LogP contribution < -0.4 is 0 Å². The van der Waals surface area contributed by atoms with E-state index in [4.69, 9.17) is 0 Å². The van der Waals surface area contributed by atoms with Crippen molar-refractivity contribution in [3.05, 3.63) is 35.4 Å². The highest BCUT2D eigenvalue weighted by Gasteiger charge is 2.11. The normalized spacial score (nSPS) is 11.6. The van der Waals surface area contributed by atoms with Crippen LogP contribution in [-0.4, -0.2) is 22.0 Å². The number of nitrogens with zero attached hydrogens (tertiary/aromatic N) is 2. The Kier molecular flexibility index (Phi) is 1.02. The molecule has 1 aromatic carbocycles. The van der Waals surface area contributed by atoms with Gasteiger partial charge in [0.2, 0.25) is 0 Å². The fraction of sp³-hybridized carbons (Fsp3) is 0. The van der Waals surface area contributed by atoms with E-state index >= 15 is 0 Å². The van der Waals surface area contributed by atoms with Crippen molar-refractivity contribution in [3.63, 3.8) is 0 Å². The van der Waals surface area contributed by atoms with E-state index in [1.54, 1.807) is 12.4 Å². The zero-order valence-corrected chi connectivity index (χ0v) is 5.36. The van der Waals surface area contributed by atoms with Crippen molar-refractivity contribution >= 4 is 12.4 Å². The van der Waals surface area contributed by atoms with Gasteiger partial charge in [0.25, 0.3) is 0 Å². The van der Waals surface area contributed by atoms with Gasteiger partial charge >= 0.3 is 22.0 Å². The van der Waals surface area contributed by atoms with Crippen LogP contribution in [0.15, 0.2) is 24.3 Å². The maximum Gasteiger partial charge on any atom is 0.402 e. The van der Waals surface area contributed by atoms with Crippen molar-refractivity contribution in [2.75, 3.05) is 0 Å². The van der Waals surface area contributed by atoms with E-state index in [9.17, 15) is 0 Å². The maximum atomic E-state index is 3.76. The molecule has 0 saturated heterocycles. The molecule has 1 aromatic rings. The van der Waals surface area contributed by atoms with Crippen molar-refractivity contribution in [2.45, 2.75) is 0 Å². The minimum atomic E-state index is 1.14. The molecule has 2 heteroatoms. The average Bonchev–Trinajstić information content (AvgIpc) is 2.05. The molecule has 0 saturated carbocycles. The van der Waals surface area contributed by atoms with Gasteiger partial charge in [0.05, 0.1) is 11.1 Å². The summed E-state index contributed by atoms with van der Waals surface area (Å²) in [6.45, 7) is 0. The lowest BCUT2D eigenvalue weighted by atomic mass is 10.1. The number of benzene rings is 1.